The number of alkyl halides is 3. The van der Waals surface area contributed by atoms with E-state index in [2.05, 4.69) is 5.32 Å². The second kappa shape index (κ2) is 6.91. The molecule has 2 rings (SSSR count). The number of ether oxygens (including phenoxy) is 1. The zero-order valence-corrected chi connectivity index (χ0v) is 12.7. The summed E-state index contributed by atoms with van der Waals surface area (Å²) in [5.74, 6) is -1.37. The van der Waals surface area contributed by atoms with Gasteiger partial charge in [0.1, 0.15) is 11.4 Å². The zero-order chi connectivity index (χ0) is 17.9. The molecule has 1 aromatic rings. The summed E-state index contributed by atoms with van der Waals surface area (Å²) >= 11 is 0. The molecule has 0 radical (unpaired) electrons. The predicted octanol–water partition coefficient (Wildman–Crippen LogP) is 1.59. The highest BCUT2D eigenvalue weighted by Crippen LogP contribution is 2.30. The van der Waals surface area contributed by atoms with E-state index in [1.54, 1.807) is 13.0 Å². The topological polar surface area (TPSA) is 78.9 Å². The number of benzene rings is 1. The van der Waals surface area contributed by atoms with Crippen molar-refractivity contribution >= 4 is 17.5 Å². The van der Waals surface area contributed by atoms with Gasteiger partial charge in [0.2, 0.25) is 0 Å². The van der Waals surface area contributed by atoms with Crippen molar-refractivity contribution in [3.63, 3.8) is 0 Å². The first-order chi connectivity index (χ1) is 11.2. The van der Waals surface area contributed by atoms with Crippen molar-refractivity contribution in [1.29, 1.82) is 0 Å². The highest BCUT2D eigenvalue weighted by atomic mass is 19.4. The Kier molecular flexibility index (Phi) is 5.13. The van der Waals surface area contributed by atoms with Crippen molar-refractivity contribution in [3.8, 4) is 5.75 Å². The van der Waals surface area contributed by atoms with Crippen LogP contribution in [0.15, 0.2) is 30.0 Å². The molecule has 0 saturated heterocycles. The quantitative estimate of drug-likeness (QED) is 0.767. The Morgan fingerprint density at radius 2 is 2.00 bits per heavy atom. The molecule has 0 unspecified atom stereocenters. The molecule has 0 aromatic heterocycles. The van der Waals surface area contributed by atoms with Crippen LogP contribution >= 0.6 is 0 Å². The van der Waals surface area contributed by atoms with Crippen LogP contribution in [0.25, 0.3) is 0 Å². The van der Waals surface area contributed by atoms with Gasteiger partial charge in [-0.25, -0.2) is 0 Å². The fourth-order valence-electron chi connectivity index (χ4n) is 2.07. The fourth-order valence-corrected chi connectivity index (χ4v) is 2.07. The number of rotatable bonds is 6. The third-order valence-corrected chi connectivity index (χ3v) is 3.13. The summed E-state index contributed by atoms with van der Waals surface area (Å²) in [5.41, 5.74) is 0.694. The van der Waals surface area contributed by atoms with Crippen LogP contribution in [0.2, 0.25) is 0 Å². The van der Waals surface area contributed by atoms with Crippen molar-refractivity contribution < 1.29 is 32.6 Å². The minimum atomic E-state index is -4.50. The minimum Gasteiger partial charge on any atom is -0.482 e. The molecular formula is C15H15F3N2O4. The summed E-state index contributed by atoms with van der Waals surface area (Å²) in [6, 6.07) is 4.46. The van der Waals surface area contributed by atoms with E-state index in [4.69, 9.17) is 9.84 Å². The average molecular weight is 344 g/mol. The lowest BCUT2D eigenvalue weighted by Gasteiger charge is -2.16. The first-order valence-corrected chi connectivity index (χ1v) is 6.97. The van der Waals surface area contributed by atoms with Gasteiger partial charge in [-0.15, -0.1) is 0 Å². The number of amides is 2. The third-order valence-electron chi connectivity index (χ3n) is 3.13. The molecule has 1 aromatic carbocycles. The van der Waals surface area contributed by atoms with Gasteiger partial charge >= 0.3 is 6.18 Å². The van der Waals surface area contributed by atoms with Gasteiger partial charge in [0.15, 0.2) is 6.61 Å². The molecule has 1 aliphatic heterocycles. The van der Waals surface area contributed by atoms with Crippen LogP contribution in [0, 0.1) is 6.92 Å². The second-order valence-electron chi connectivity index (χ2n) is 5.11. The third kappa shape index (κ3) is 4.25. The Balaban J connectivity index is 2.19. The van der Waals surface area contributed by atoms with Crippen LogP contribution in [0.4, 0.5) is 18.9 Å². The number of nitrogens with zero attached hydrogens (tertiary/aromatic N) is 1. The summed E-state index contributed by atoms with van der Waals surface area (Å²) in [6.45, 7) is -0.349. The SMILES string of the molecule is Cc1ccc(NC2=CC(=O)N(CCO)C2=O)c(OCC(F)(F)F)c1. The van der Waals surface area contributed by atoms with Gasteiger partial charge < -0.3 is 15.2 Å². The van der Waals surface area contributed by atoms with Crippen molar-refractivity contribution in [2.45, 2.75) is 13.1 Å². The van der Waals surface area contributed by atoms with Crippen LogP contribution in [0.3, 0.4) is 0 Å². The van der Waals surface area contributed by atoms with E-state index in [1.807, 2.05) is 0 Å². The largest absolute Gasteiger partial charge is 0.482 e. The van der Waals surface area contributed by atoms with E-state index in [0.29, 0.717) is 5.56 Å². The van der Waals surface area contributed by atoms with E-state index in [0.717, 1.165) is 11.0 Å². The molecule has 0 saturated carbocycles. The zero-order valence-electron chi connectivity index (χ0n) is 12.7. The number of aryl methyl sites for hydroxylation is 1. The summed E-state index contributed by atoms with van der Waals surface area (Å²) in [5, 5.41) is 11.5. The van der Waals surface area contributed by atoms with Gasteiger partial charge in [-0.05, 0) is 24.6 Å². The fraction of sp³-hybridized carbons (Fsp3) is 0.333. The lowest BCUT2D eigenvalue weighted by Crippen LogP contribution is -2.34. The van der Waals surface area contributed by atoms with Crippen molar-refractivity contribution in [3.05, 3.63) is 35.5 Å². The van der Waals surface area contributed by atoms with Crippen LogP contribution in [-0.4, -0.2) is 47.8 Å². The van der Waals surface area contributed by atoms with E-state index in [-0.39, 0.29) is 30.3 Å². The second-order valence-corrected chi connectivity index (χ2v) is 5.11. The first kappa shape index (κ1) is 17.8. The highest BCUT2D eigenvalue weighted by Gasteiger charge is 2.32. The normalized spacial score (nSPS) is 14.9. The van der Waals surface area contributed by atoms with E-state index >= 15 is 0 Å². The van der Waals surface area contributed by atoms with Crippen molar-refractivity contribution in [2.75, 3.05) is 25.1 Å². The van der Waals surface area contributed by atoms with E-state index in [9.17, 15) is 22.8 Å². The Morgan fingerprint density at radius 1 is 1.29 bits per heavy atom. The number of hydrogen-bond acceptors (Lipinski definition) is 5. The van der Waals surface area contributed by atoms with Gasteiger partial charge in [0, 0.05) is 6.08 Å². The van der Waals surface area contributed by atoms with Crippen LogP contribution in [0.1, 0.15) is 5.56 Å². The minimum absolute atomic E-state index is 0.0888. The first-order valence-electron chi connectivity index (χ1n) is 6.97. The highest BCUT2D eigenvalue weighted by molar-refractivity contribution is 6.17. The molecule has 2 amide bonds. The van der Waals surface area contributed by atoms with Gasteiger partial charge in [-0.2, -0.15) is 13.2 Å². The molecule has 0 aliphatic carbocycles. The molecule has 130 valence electrons. The maximum atomic E-state index is 12.3. The molecule has 0 bridgehead atoms. The molecule has 0 fully saturated rings. The van der Waals surface area contributed by atoms with Crippen molar-refractivity contribution in [1.82, 2.24) is 4.90 Å². The van der Waals surface area contributed by atoms with Crippen LogP contribution < -0.4 is 10.1 Å². The number of imide groups is 1. The Hall–Kier alpha value is -2.55. The molecule has 0 atom stereocenters. The summed E-state index contributed by atoms with van der Waals surface area (Å²) < 4.78 is 41.8. The Morgan fingerprint density at radius 3 is 2.62 bits per heavy atom. The summed E-state index contributed by atoms with van der Waals surface area (Å²) in [4.78, 5) is 24.5. The Bertz CT molecular complexity index is 686. The average Bonchev–Trinajstić information content (AvgIpc) is 2.75. The lowest BCUT2D eigenvalue weighted by atomic mass is 10.2. The maximum Gasteiger partial charge on any atom is 0.422 e. The van der Waals surface area contributed by atoms with E-state index < -0.39 is 24.6 Å². The van der Waals surface area contributed by atoms with Crippen LogP contribution in [-0.2, 0) is 9.59 Å². The van der Waals surface area contributed by atoms with Gasteiger partial charge in [0.25, 0.3) is 11.8 Å². The number of carbonyl (C=O) groups is 2. The summed E-state index contributed by atoms with van der Waals surface area (Å²) in [7, 11) is 0. The van der Waals surface area contributed by atoms with E-state index in [1.165, 1.54) is 12.1 Å². The summed E-state index contributed by atoms with van der Waals surface area (Å²) in [6.07, 6.45) is -3.48. The maximum absolute atomic E-state index is 12.3. The molecule has 9 heteroatoms. The number of anilines is 1. The standard InChI is InChI=1S/C15H15F3N2O4/c1-9-2-3-10(12(6-9)24-8-15(16,17)18)19-11-7-13(22)20(4-5-21)14(11)23/h2-3,6-7,19,21H,4-5,8H2,1H3. The van der Waals surface area contributed by atoms with Gasteiger partial charge in [-0.1, -0.05) is 6.07 Å². The number of hydrogen-bond donors (Lipinski definition) is 2. The molecule has 1 heterocycles. The van der Waals surface area contributed by atoms with Gasteiger partial charge in [-0.3, -0.25) is 14.5 Å². The molecule has 2 N–H and O–H groups in total. The number of halogens is 3. The van der Waals surface area contributed by atoms with Crippen molar-refractivity contribution in [2.24, 2.45) is 0 Å². The molecule has 24 heavy (non-hydrogen) atoms. The number of nitrogens with one attached hydrogen (secondary N) is 1. The molecule has 0 spiro atoms. The van der Waals surface area contributed by atoms with Gasteiger partial charge in [0.05, 0.1) is 18.8 Å². The monoisotopic (exact) mass is 344 g/mol. The molecule has 1 aliphatic rings. The smallest absolute Gasteiger partial charge is 0.422 e. The number of β-amino-alcohol motifs (C(OH)–C–C–N with tert-alkyl or cyclic N) is 1. The number of carbonyl (C=O) groups excluding carboxylic acids is 2. The predicted molar refractivity (Wildman–Crippen MR) is 78.2 cm³/mol. The Labute approximate surface area is 135 Å². The number of aliphatic hydroxyl groups excluding tert-OH is 1. The molecule has 6 nitrogen and oxygen atoms in total. The number of aliphatic hydroxyl groups is 1. The lowest BCUT2D eigenvalue weighted by molar-refractivity contribution is -0.153. The van der Waals surface area contributed by atoms with Crippen LogP contribution in [0.5, 0.6) is 5.75 Å². The molecular weight excluding hydrogens is 329 g/mol.